The van der Waals surface area contributed by atoms with Gasteiger partial charge >= 0.3 is 17.9 Å². The minimum absolute atomic E-state index is 0.0654. The average molecular weight is 863 g/mol. The minimum atomic E-state index is -0.764. The quantitative estimate of drug-likeness (QED) is 0.0344. The van der Waals surface area contributed by atoms with Crippen molar-refractivity contribution in [2.45, 2.75) is 304 Å². The monoisotopic (exact) mass is 863 g/mol. The number of unbranched alkanes of at least 4 members (excludes halogenated alkanes) is 29. The van der Waals surface area contributed by atoms with Crippen LogP contribution in [0.25, 0.3) is 0 Å². The maximum Gasteiger partial charge on any atom is 0.306 e. The molecule has 6 nitrogen and oxygen atoms in total. The third-order valence-corrected chi connectivity index (χ3v) is 13.1. The zero-order valence-electron chi connectivity index (χ0n) is 42.0. The molecule has 0 heterocycles. The van der Waals surface area contributed by atoms with E-state index in [1.54, 1.807) is 0 Å². The van der Waals surface area contributed by atoms with Gasteiger partial charge in [0.25, 0.3) is 0 Å². The van der Waals surface area contributed by atoms with E-state index in [2.05, 4.69) is 41.5 Å². The van der Waals surface area contributed by atoms with E-state index in [0.717, 1.165) is 75.5 Å². The summed E-state index contributed by atoms with van der Waals surface area (Å²) >= 11 is 0. The van der Waals surface area contributed by atoms with Crippen molar-refractivity contribution in [1.82, 2.24) is 0 Å². The predicted octanol–water partition coefficient (Wildman–Crippen LogP) is 17.6. The minimum Gasteiger partial charge on any atom is -0.462 e. The van der Waals surface area contributed by atoms with Crippen LogP contribution in [0, 0.1) is 17.8 Å². The van der Waals surface area contributed by atoms with Gasteiger partial charge in [-0.05, 0) is 37.0 Å². The summed E-state index contributed by atoms with van der Waals surface area (Å²) in [5.74, 6) is 1.66. The van der Waals surface area contributed by atoms with E-state index in [9.17, 15) is 14.4 Å². The third kappa shape index (κ3) is 46.2. The van der Waals surface area contributed by atoms with Gasteiger partial charge in [0.05, 0.1) is 0 Å². The lowest BCUT2D eigenvalue weighted by molar-refractivity contribution is -0.167. The highest BCUT2D eigenvalue weighted by Crippen LogP contribution is 2.19. The molecule has 0 saturated heterocycles. The highest BCUT2D eigenvalue weighted by molar-refractivity contribution is 5.71. The van der Waals surface area contributed by atoms with Crippen LogP contribution in [0.1, 0.15) is 298 Å². The van der Waals surface area contributed by atoms with E-state index in [4.69, 9.17) is 14.2 Å². The molecule has 0 fully saturated rings. The summed E-state index contributed by atoms with van der Waals surface area (Å²) < 4.78 is 16.8. The zero-order chi connectivity index (χ0) is 44.9. The molecule has 0 bridgehead atoms. The molecular formula is C55H106O6. The van der Waals surface area contributed by atoms with Crippen LogP contribution in [0.4, 0.5) is 0 Å². The maximum absolute atomic E-state index is 12.8. The topological polar surface area (TPSA) is 78.9 Å². The highest BCUT2D eigenvalue weighted by atomic mass is 16.6. The molecule has 3 atom stereocenters. The highest BCUT2D eigenvalue weighted by Gasteiger charge is 2.19. The molecular weight excluding hydrogens is 757 g/mol. The van der Waals surface area contributed by atoms with Crippen LogP contribution < -0.4 is 0 Å². The molecule has 0 rings (SSSR count). The molecule has 0 aromatic heterocycles. The number of hydrogen-bond acceptors (Lipinski definition) is 6. The van der Waals surface area contributed by atoms with Gasteiger partial charge in [0.15, 0.2) is 6.10 Å². The van der Waals surface area contributed by atoms with E-state index in [1.165, 1.54) is 180 Å². The van der Waals surface area contributed by atoms with E-state index < -0.39 is 6.10 Å². The van der Waals surface area contributed by atoms with Crippen LogP contribution in [-0.2, 0) is 28.6 Å². The SMILES string of the molecule is CCC(C)CCCCCCCCCCC(=O)OC[C@@H](COC(=O)CCCCCCCCCCCCCCCCCCCCC(C)C)OC(=O)CCCCCCCCC(C)CC. The van der Waals surface area contributed by atoms with Crippen molar-refractivity contribution in [2.24, 2.45) is 17.8 Å². The Hall–Kier alpha value is -1.59. The van der Waals surface area contributed by atoms with Crippen molar-refractivity contribution in [3.8, 4) is 0 Å². The summed E-state index contributed by atoms with van der Waals surface area (Å²) in [6.45, 7) is 13.7. The van der Waals surface area contributed by atoms with E-state index >= 15 is 0 Å². The molecule has 0 aliphatic carbocycles. The van der Waals surface area contributed by atoms with Crippen molar-refractivity contribution in [2.75, 3.05) is 13.2 Å². The van der Waals surface area contributed by atoms with Crippen LogP contribution in [0.2, 0.25) is 0 Å². The Bertz CT molecular complexity index is 949. The Morgan fingerprint density at radius 1 is 0.328 bits per heavy atom. The van der Waals surface area contributed by atoms with E-state index in [-0.39, 0.29) is 31.1 Å². The molecule has 0 spiro atoms. The molecule has 2 unspecified atom stereocenters. The maximum atomic E-state index is 12.8. The van der Waals surface area contributed by atoms with Crippen molar-refractivity contribution in [1.29, 1.82) is 0 Å². The third-order valence-electron chi connectivity index (χ3n) is 13.1. The van der Waals surface area contributed by atoms with Crippen molar-refractivity contribution >= 4 is 17.9 Å². The molecule has 0 N–H and O–H groups in total. The molecule has 0 aliphatic heterocycles. The second-order valence-electron chi connectivity index (χ2n) is 19.8. The van der Waals surface area contributed by atoms with Gasteiger partial charge in [-0.25, -0.2) is 0 Å². The molecule has 362 valence electrons. The molecule has 0 aromatic rings. The van der Waals surface area contributed by atoms with Crippen LogP contribution >= 0.6 is 0 Å². The van der Waals surface area contributed by atoms with Gasteiger partial charge < -0.3 is 14.2 Å². The molecule has 0 saturated carbocycles. The Kier molecular flexibility index (Phi) is 45.2. The fourth-order valence-corrected chi connectivity index (χ4v) is 8.23. The Labute approximate surface area is 380 Å². The zero-order valence-corrected chi connectivity index (χ0v) is 42.0. The summed E-state index contributed by atoms with van der Waals surface area (Å²) in [7, 11) is 0. The second-order valence-corrected chi connectivity index (χ2v) is 19.8. The lowest BCUT2D eigenvalue weighted by Crippen LogP contribution is -2.30. The number of carbonyl (C=O) groups is 3. The summed E-state index contributed by atoms with van der Waals surface area (Å²) in [4.78, 5) is 37.9. The van der Waals surface area contributed by atoms with Gasteiger partial charge in [-0.3, -0.25) is 14.4 Å². The lowest BCUT2D eigenvalue weighted by Gasteiger charge is -2.18. The number of esters is 3. The van der Waals surface area contributed by atoms with Crippen LogP contribution in [0.5, 0.6) is 0 Å². The molecule has 6 heteroatoms. The van der Waals surface area contributed by atoms with Gasteiger partial charge in [0.1, 0.15) is 13.2 Å². The number of ether oxygens (including phenoxy) is 3. The van der Waals surface area contributed by atoms with Crippen molar-refractivity contribution in [3.05, 3.63) is 0 Å². The first kappa shape index (κ1) is 59.4. The normalized spacial score (nSPS) is 13.0. The van der Waals surface area contributed by atoms with Crippen LogP contribution in [0.3, 0.4) is 0 Å². The number of carbonyl (C=O) groups excluding carboxylic acids is 3. The average Bonchev–Trinajstić information content (AvgIpc) is 3.24. The smallest absolute Gasteiger partial charge is 0.306 e. The standard InChI is InChI=1S/C55H106O6/c1-7-50(5)42-36-30-24-21-22-26-33-39-45-54(57)60-48-52(61-55(58)46-40-34-28-27-31-37-43-51(6)8-2)47-59-53(56)44-38-32-25-20-18-16-14-12-10-9-11-13-15-17-19-23-29-35-41-49(3)4/h49-52H,7-48H2,1-6H3/t50?,51?,52-/m1/s1. The summed E-state index contributed by atoms with van der Waals surface area (Å²) in [6, 6.07) is 0. The summed E-state index contributed by atoms with van der Waals surface area (Å²) in [5, 5.41) is 0. The van der Waals surface area contributed by atoms with Crippen LogP contribution in [-0.4, -0.2) is 37.2 Å². The number of rotatable bonds is 48. The Morgan fingerprint density at radius 3 is 0.852 bits per heavy atom. The second kappa shape index (κ2) is 46.4. The molecule has 0 aromatic carbocycles. The molecule has 61 heavy (non-hydrogen) atoms. The molecule has 0 amide bonds. The first-order valence-corrected chi connectivity index (χ1v) is 27.2. The first-order valence-electron chi connectivity index (χ1n) is 27.2. The fraction of sp³-hybridized carbons (Fsp3) is 0.945. The van der Waals surface area contributed by atoms with Crippen LogP contribution in [0.15, 0.2) is 0 Å². The van der Waals surface area contributed by atoms with Gasteiger partial charge in [-0.2, -0.15) is 0 Å². The Morgan fingerprint density at radius 2 is 0.574 bits per heavy atom. The number of hydrogen-bond donors (Lipinski definition) is 0. The van der Waals surface area contributed by atoms with Crippen molar-refractivity contribution < 1.29 is 28.6 Å². The van der Waals surface area contributed by atoms with Gasteiger partial charge in [-0.15, -0.1) is 0 Å². The van der Waals surface area contributed by atoms with Gasteiger partial charge in [0.2, 0.25) is 0 Å². The fourth-order valence-electron chi connectivity index (χ4n) is 8.23. The summed E-state index contributed by atoms with van der Waals surface area (Å²) in [5.41, 5.74) is 0. The first-order chi connectivity index (χ1) is 29.7. The molecule has 0 aliphatic rings. The van der Waals surface area contributed by atoms with Gasteiger partial charge in [0, 0.05) is 19.3 Å². The Balaban J connectivity index is 4.20. The predicted molar refractivity (Wildman–Crippen MR) is 261 cm³/mol. The lowest BCUT2D eigenvalue weighted by atomic mass is 9.99. The van der Waals surface area contributed by atoms with Gasteiger partial charge in [-0.1, -0.05) is 260 Å². The molecule has 0 radical (unpaired) electrons. The van der Waals surface area contributed by atoms with E-state index in [1.807, 2.05) is 0 Å². The summed E-state index contributed by atoms with van der Waals surface area (Å²) in [6.07, 6.45) is 46.7. The largest absolute Gasteiger partial charge is 0.462 e. The van der Waals surface area contributed by atoms with E-state index in [0.29, 0.717) is 19.3 Å². The van der Waals surface area contributed by atoms with Crippen molar-refractivity contribution in [3.63, 3.8) is 0 Å².